The number of rotatable bonds is 5. The van der Waals surface area contributed by atoms with Gasteiger partial charge >= 0.3 is 6.03 Å². The van der Waals surface area contributed by atoms with Crippen LogP contribution in [0.25, 0.3) is 0 Å². The highest BCUT2D eigenvalue weighted by Crippen LogP contribution is 2.28. The lowest BCUT2D eigenvalue weighted by Gasteiger charge is -2.37. The number of carbonyl (C=O) groups is 1. The van der Waals surface area contributed by atoms with Gasteiger partial charge in [-0.3, -0.25) is 4.98 Å². The highest BCUT2D eigenvalue weighted by atomic mass is 16.2. The van der Waals surface area contributed by atoms with Crippen LogP contribution in [0.15, 0.2) is 54.9 Å². The molecular weight excluding hydrogens is 336 g/mol. The fourth-order valence-corrected chi connectivity index (χ4v) is 3.85. The SMILES string of the molecule is C[C@@H](CC(C)(C)c1ccccc1)NC(=O)N1CCN(c2ccncc2)CC1. The number of anilines is 1. The molecule has 0 unspecified atom stereocenters. The summed E-state index contributed by atoms with van der Waals surface area (Å²) in [7, 11) is 0. The highest BCUT2D eigenvalue weighted by Gasteiger charge is 2.26. The Labute approximate surface area is 162 Å². The van der Waals surface area contributed by atoms with Crippen molar-refractivity contribution in [1.29, 1.82) is 0 Å². The summed E-state index contributed by atoms with van der Waals surface area (Å²) in [6.07, 6.45) is 4.52. The lowest BCUT2D eigenvalue weighted by Crippen LogP contribution is -2.53. The smallest absolute Gasteiger partial charge is 0.317 e. The standard InChI is InChI=1S/C22H30N4O/c1-18(17-22(2,3)19-7-5-4-6-8-19)24-21(27)26-15-13-25(14-16-26)20-9-11-23-12-10-20/h4-12,18H,13-17H2,1-3H3,(H,24,27)/t18-/m0/s1. The minimum absolute atomic E-state index is 0.0218. The largest absolute Gasteiger partial charge is 0.368 e. The lowest BCUT2D eigenvalue weighted by molar-refractivity contribution is 0.189. The number of hydrogen-bond acceptors (Lipinski definition) is 3. The first kappa shape index (κ1) is 19.2. The van der Waals surface area contributed by atoms with E-state index < -0.39 is 0 Å². The molecular formula is C22H30N4O. The summed E-state index contributed by atoms with van der Waals surface area (Å²) >= 11 is 0. The number of amides is 2. The van der Waals surface area contributed by atoms with Crippen LogP contribution in [0.1, 0.15) is 32.8 Å². The summed E-state index contributed by atoms with van der Waals surface area (Å²) in [5.41, 5.74) is 2.49. The van der Waals surface area contributed by atoms with E-state index >= 15 is 0 Å². The second-order valence-electron chi connectivity index (χ2n) is 7.98. The van der Waals surface area contributed by atoms with E-state index in [1.807, 2.05) is 35.5 Å². The van der Waals surface area contributed by atoms with Crippen molar-refractivity contribution in [3.8, 4) is 0 Å². The average molecular weight is 367 g/mol. The fourth-order valence-electron chi connectivity index (χ4n) is 3.85. The molecule has 2 amide bonds. The van der Waals surface area contributed by atoms with Gasteiger partial charge in [0.25, 0.3) is 0 Å². The van der Waals surface area contributed by atoms with Crippen LogP contribution in [-0.4, -0.2) is 48.1 Å². The molecule has 144 valence electrons. The topological polar surface area (TPSA) is 48.5 Å². The zero-order valence-electron chi connectivity index (χ0n) is 16.6. The first-order chi connectivity index (χ1) is 13.0. The Hall–Kier alpha value is -2.56. The van der Waals surface area contributed by atoms with Gasteiger partial charge in [-0.15, -0.1) is 0 Å². The van der Waals surface area contributed by atoms with Gasteiger partial charge in [0.15, 0.2) is 0 Å². The maximum atomic E-state index is 12.7. The lowest BCUT2D eigenvalue weighted by atomic mass is 9.79. The predicted octanol–water partition coefficient (Wildman–Crippen LogP) is 3.67. The van der Waals surface area contributed by atoms with Gasteiger partial charge in [0, 0.05) is 50.3 Å². The zero-order valence-corrected chi connectivity index (χ0v) is 16.6. The maximum Gasteiger partial charge on any atom is 0.317 e. The molecule has 5 nitrogen and oxygen atoms in total. The zero-order chi connectivity index (χ0) is 19.3. The molecule has 27 heavy (non-hydrogen) atoms. The van der Waals surface area contributed by atoms with Crippen molar-refractivity contribution in [3.63, 3.8) is 0 Å². The maximum absolute atomic E-state index is 12.7. The van der Waals surface area contributed by atoms with E-state index in [-0.39, 0.29) is 17.5 Å². The Balaban J connectivity index is 1.49. The van der Waals surface area contributed by atoms with Crippen LogP contribution in [0.5, 0.6) is 0 Å². The Morgan fingerprint density at radius 1 is 1.07 bits per heavy atom. The summed E-state index contributed by atoms with van der Waals surface area (Å²) in [6, 6.07) is 14.7. The molecule has 1 aliphatic heterocycles. The van der Waals surface area contributed by atoms with Crippen LogP contribution >= 0.6 is 0 Å². The number of urea groups is 1. The molecule has 1 aliphatic rings. The normalized spacial score (nSPS) is 16.1. The van der Waals surface area contributed by atoms with Gasteiger partial charge in [-0.1, -0.05) is 44.2 Å². The van der Waals surface area contributed by atoms with Gasteiger partial charge in [0.2, 0.25) is 0 Å². The summed E-state index contributed by atoms with van der Waals surface area (Å²) < 4.78 is 0. The van der Waals surface area contributed by atoms with Crippen molar-refractivity contribution in [1.82, 2.24) is 15.2 Å². The van der Waals surface area contributed by atoms with Crippen molar-refractivity contribution < 1.29 is 4.79 Å². The number of benzene rings is 1. The second kappa shape index (κ2) is 8.42. The van der Waals surface area contributed by atoms with E-state index in [2.05, 4.69) is 60.2 Å². The van der Waals surface area contributed by atoms with Gasteiger partial charge in [0.1, 0.15) is 0 Å². The van der Waals surface area contributed by atoms with Gasteiger partial charge in [-0.25, -0.2) is 4.79 Å². The van der Waals surface area contributed by atoms with Crippen molar-refractivity contribution in [2.24, 2.45) is 0 Å². The number of piperazine rings is 1. The summed E-state index contributed by atoms with van der Waals surface area (Å²) in [5.74, 6) is 0. The number of hydrogen-bond donors (Lipinski definition) is 1. The first-order valence-corrected chi connectivity index (χ1v) is 9.72. The number of carbonyl (C=O) groups excluding carboxylic acids is 1. The molecule has 1 atom stereocenters. The van der Waals surface area contributed by atoms with Crippen LogP contribution in [0.4, 0.5) is 10.5 Å². The Bertz CT molecular complexity index is 724. The molecule has 0 spiro atoms. The molecule has 5 heteroatoms. The summed E-state index contributed by atoms with van der Waals surface area (Å²) in [5, 5.41) is 3.19. The van der Waals surface area contributed by atoms with Crippen LogP contribution in [0, 0.1) is 0 Å². The molecule has 1 N–H and O–H groups in total. The van der Waals surface area contributed by atoms with E-state index in [9.17, 15) is 4.79 Å². The molecule has 1 fully saturated rings. The van der Waals surface area contributed by atoms with Crippen molar-refractivity contribution in [2.75, 3.05) is 31.1 Å². The monoisotopic (exact) mass is 366 g/mol. The van der Waals surface area contributed by atoms with Gasteiger partial charge in [-0.05, 0) is 36.5 Å². The number of nitrogens with one attached hydrogen (secondary N) is 1. The Kier molecular flexibility index (Phi) is 5.99. The first-order valence-electron chi connectivity index (χ1n) is 9.72. The van der Waals surface area contributed by atoms with E-state index in [0.717, 1.165) is 32.6 Å². The van der Waals surface area contributed by atoms with Crippen molar-refractivity contribution in [3.05, 3.63) is 60.4 Å². The minimum Gasteiger partial charge on any atom is -0.368 e. The number of nitrogens with zero attached hydrogens (tertiary/aromatic N) is 3. The van der Waals surface area contributed by atoms with Gasteiger partial charge < -0.3 is 15.1 Å². The van der Waals surface area contributed by atoms with Gasteiger partial charge in [0.05, 0.1) is 0 Å². The number of aromatic nitrogens is 1. The van der Waals surface area contributed by atoms with E-state index in [0.29, 0.717) is 0 Å². The highest BCUT2D eigenvalue weighted by molar-refractivity contribution is 5.75. The molecule has 1 aromatic heterocycles. The molecule has 2 heterocycles. The molecule has 0 aliphatic carbocycles. The fraction of sp³-hybridized carbons (Fsp3) is 0.455. The third-order valence-corrected chi connectivity index (χ3v) is 5.34. The van der Waals surface area contributed by atoms with Crippen LogP contribution in [0.2, 0.25) is 0 Å². The van der Waals surface area contributed by atoms with E-state index in [1.165, 1.54) is 11.3 Å². The Morgan fingerprint density at radius 3 is 2.33 bits per heavy atom. The van der Waals surface area contributed by atoms with E-state index in [1.54, 1.807) is 0 Å². The molecule has 0 saturated carbocycles. The van der Waals surface area contributed by atoms with Crippen LogP contribution in [-0.2, 0) is 5.41 Å². The Morgan fingerprint density at radius 2 is 1.70 bits per heavy atom. The van der Waals surface area contributed by atoms with Crippen LogP contribution < -0.4 is 10.2 Å². The average Bonchev–Trinajstić information content (AvgIpc) is 2.69. The molecule has 0 bridgehead atoms. The summed E-state index contributed by atoms with van der Waals surface area (Å²) in [6.45, 7) is 9.74. The molecule has 3 rings (SSSR count). The second-order valence-corrected chi connectivity index (χ2v) is 7.98. The molecule has 1 saturated heterocycles. The van der Waals surface area contributed by atoms with E-state index in [4.69, 9.17) is 0 Å². The third kappa shape index (κ3) is 5.00. The predicted molar refractivity (Wildman–Crippen MR) is 110 cm³/mol. The van der Waals surface area contributed by atoms with Crippen molar-refractivity contribution in [2.45, 2.75) is 38.6 Å². The quantitative estimate of drug-likeness (QED) is 0.878. The van der Waals surface area contributed by atoms with Gasteiger partial charge in [-0.2, -0.15) is 0 Å². The van der Waals surface area contributed by atoms with Crippen molar-refractivity contribution >= 4 is 11.7 Å². The summed E-state index contributed by atoms with van der Waals surface area (Å²) in [4.78, 5) is 20.9. The van der Waals surface area contributed by atoms with Crippen LogP contribution in [0.3, 0.4) is 0 Å². The molecule has 0 radical (unpaired) electrons. The third-order valence-electron chi connectivity index (χ3n) is 5.34. The molecule has 2 aromatic rings. The minimum atomic E-state index is 0.0218. The molecule has 1 aromatic carbocycles. The number of pyridine rings is 1.